The zero-order chi connectivity index (χ0) is 15.0. The monoisotopic (exact) mass is 353 g/mol. The zero-order valence-electron chi connectivity index (χ0n) is 12.0. The van der Waals surface area contributed by atoms with Crippen molar-refractivity contribution in [3.8, 4) is 5.75 Å². The van der Waals surface area contributed by atoms with Gasteiger partial charge in [-0.05, 0) is 56.9 Å². The van der Waals surface area contributed by atoms with E-state index in [9.17, 15) is 9.90 Å². The molecule has 3 rings (SSSR count). The number of hydrogen-bond acceptors (Lipinski definition) is 3. The number of fused-ring (bicyclic) bond motifs is 2. The van der Waals surface area contributed by atoms with Crippen molar-refractivity contribution in [2.45, 2.75) is 56.9 Å². The fourth-order valence-corrected chi connectivity index (χ4v) is 3.75. The van der Waals surface area contributed by atoms with Crippen LogP contribution in [0.5, 0.6) is 5.75 Å². The normalized spacial score (nSPS) is 29.3. The Kier molecular flexibility index (Phi) is 4.22. The second kappa shape index (κ2) is 5.97. The second-order valence-electron chi connectivity index (χ2n) is 5.97. The number of nitrogens with zero attached hydrogens (tertiary/aromatic N) is 1. The Balaban J connectivity index is 1.66. The Morgan fingerprint density at radius 1 is 1.29 bits per heavy atom. The number of amides is 1. The molecule has 21 heavy (non-hydrogen) atoms. The topological polar surface area (TPSA) is 49.8 Å². The number of ether oxygens (including phenoxy) is 1. The summed E-state index contributed by atoms with van der Waals surface area (Å²) < 4.78 is 6.74. The first-order valence-corrected chi connectivity index (χ1v) is 8.26. The molecule has 1 amide bonds. The number of carbonyl (C=O) groups is 1. The van der Waals surface area contributed by atoms with Crippen molar-refractivity contribution in [2.24, 2.45) is 0 Å². The van der Waals surface area contributed by atoms with Crippen LogP contribution in [0.1, 0.15) is 32.6 Å². The van der Waals surface area contributed by atoms with Crippen molar-refractivity contribution in [1.29, 1.82) is 0 Å². The number of aliphatic hydroxyl groups excluding tert-OH is 1. The van der Waals surface area contributed by atoms with Gasteiger partial charge in [0, 0.05) is 16.6 Å². The zero-order valence-corrected chi connectivity index (χ0v) is 13.6. The van der Waals surface area contributed by atoms with Gasteiger partial charge in [0.25, 0.3) is 5.91 Å². The molecule has 2 aliphatic heterocycles. The molecule has 3 unspecified atom stereocenters. The number of hydrogen-bond donors (Lipinski definition) is 1. The number of benzene rings is 1. The molecule has 0 aliphatic carbocycles. The standard InChI is InChI=1S/C16H20BrNO3/c1-10(21-15-6-2-11(17)3-7-15)16(20)18-12-4-5-13(18)9-14(19)8-12/h2-3,6-7,10,12-14,19H,4-5,8-9H2,1H3. The van der Waals surface area contributed by atoms with E-state index < -0.39 is 6.10 Å². The third kappa shape index (κ3) is 3.09. The van der Waals surface area contributed by atoms with Crippen LogP contribution in [0.4, 0.5) is 0 Å². The Labute approximate surface area is 133 Å². The molecule has 2 aliphatic rings. The van der Waals surface area contributed by atoms with E-state index in [0.717, 1.165) is 17.3 Å². The molecule has 0 saturated carbocycles. The number of halogens is 1. The van der Waals surface area contributed by atoms with Crippen LogP contribution < -0.4 is 4.74 Å². The number of rotatable bonds is 3. The lowest BCUT2D eigenvalue weighted by molar-refractivity contribution is -0.144. The van der Waals surface area contributed by atoms with E-state index in [1.165, 1.54) is 0 Å². The van der Waals surface area contributed by atoms with Gasteiger partial charge in [0.1, 0.15) is 5.75 Å². The first kappa shape index (κ1) is 14.9. The molecule has 5 heteroatoms. The van der Waals surface area contributed by atoms with Crippen LogP contribution >= 0.6 is 15.9 Å². The predicted octanol–water partition coefficient (Wildman–Crippen LogP) is 2.73. The molecular formula is C16H20BrNO3. The van der Waals surface area contributed by atoms with E-state index >= 15 is 0 Å². The summed E-state index contributed by atoms with van der Waals surface area (Å²) in [5.41, 5.74) is 0. The molecule has 2 bridgehead atoms. The maximum absolute atomic E-state index is 12.6. The van der Waals surface area contributed by atoms with E-state index in [2.05, 4.69) is 15.9 Å². The van der Waals surface area contributed by atoms with Gasteiger partial charge in [-0.2, -0.15) is 0 Å². The highest BCUT2D eigenvalue weighted by atomic mass is 79.9. The van der Waals surface area contributed by atoms with Gasteiger partial charge in [0.05, 0.1) is 6.10 Å². The summed E-state index contributed by atoms with van der Waals surface area (Å²) in [5, 5.41) is 9.82. The third-order valence-electron chi connectivity index (χ3n) is 4.44. The van der Waals surface area contributed by atoms with E-state index in [1.807, 2.05) is 29.2 Å². The minimum atomic E-state index is -0.496. The van der Waals surface area contributed by atoms with Crippen LogP contribution in [0, 0.1) is 0 Å². The quantitative estimate of drug-likeness (QED) is 0.908. The van der Waals surface area contributed by atoms with Gasteiger partial charge in [-0.1, -0.05) is 15.9 Å². The van der Waals surface area contributed by atoms with Gasteiger partial charge in [-0.25, -0.2) is 0 Å². The molecule has 2 fully saturated rings. The first-order chi connectivity index (χ1) is 10.0. The summed E-state index contributed by atoms with van der Waals surface area (Å²) in [6.45, 7) is 1.80. The number of aliphatic hydroxyl groups is 1. The Morgan fingerprint density at radius 2 is 1.86 bits per heavy atom. The highest BCUT2D eigenvalue weighted by molar-refractivity contribution is 9.10. The number of piperidine rings is 1. The molecule has 2 heterocycles. The molecular weight excluding hydrogens is 334 g/mol. The van der Waals surface area contributed by atoms with Crippen molar-refractivity contribution < 1.29 is 14.6 Å². The fraction of sp³-hybridized carbons (Fsp3) is 0.562. The fourth-order valence-electron chi connectivity index (χ4n) is 3.49. The van der Waals surface area contributed by atoms with Gasteiger partial charge >= 0.3 is 0 Å². The van der Waals surface area contributed by atoms with Crippen molar-refractivity contribution >= 4 is 21.8 Å². The van der Waals surface area contributed by atoms with Crippen LogP contribution in [0.25, 0.3) is 0 Å². The second-order valence-corrected chi connectivity index (χ2v) is 6.89. The average molecular weight is 354 g/mol. The summed E-state index contributed by atoms with van der Waals surface area (Å²) >= 11 is 3.38. The van der Waals surface area contributed by atoms with E-state index in [-0.39, 0.29) is 24.1 Å². The minimum absolute atomic E-state index is 0.0392. The van der Waals surface area contributed by atoms with Crippen LogP contribution in [0.15, 0.2) is 28.7 Å². The van der Waals surface area contributed by atoms with E-state index in [0.29, 0.717) is 18.6 Å². The van der Waals surface area contributed by atoms with Crippen LogP contribution in [-0.2, 0) is 4.79 Å². The molecule has 3 atom stereocenters. The molecule has 0 radical (unpaired) electrons. The van der Waals surface area contributed by atoms with Crippen LogP contribution in [0.2, 0.25) is 0 Å². The summed E-state index contributed by atoms with van der Waals surface area (Å²) in [5.74, 6) is 0.737. The lowest BCUT2D eigenvalue weighted by Gasteiger charge is -2.38. The lowest BCUT2D eigenvalue weighted by Crippen LogP contribution is -2.52. The highest BCUT2D eigenvalue weighted by Gasteiger charge is 2.44. The predicted molar refractivity (Wildman–Crippen MR) is 83.1 cm³/mol. The van der Waals surface area contributed by atoms with Crippen molar-refractivity contribution in [3.05, 3.63) is 28.7 Å². The molecule has 0 aromatic heterocycles. The van der Waals surface area contributed by atoms with E-state index in [1.54, 1.807) is 6.92 Å². The highest BCUT2D eigenvalue weighted by Crippen LogP contribution is 2.36. The molecule has 0 spiro atoms. The maximum Gasteiger partial charge on any atom is 0.263 e. The molecule has 114 valence electrons. The smallest absolute Gasteiger partial charge is 0.263 e. The van der Waals surface area contributed by atoms with Gasteiger partial charge in [0.15, 0.2) is 6.10 Å². The van der Waals surface area contributed by atoms with Gasteiger partial charge < -0.3 is 14.7 Å². The maximum atomic E-state index is 12.6. The molecule has 4 nitrogen and oxygen atoms in total. The summed E-state index contributed by atoms with van der Waals surface area (Å²) in [6.07, 6.45) is 2.65. The minimum Gasteiger partial charge on any atom is -0.481 e. The molecule has 2 saturated heterocycles. The largest absolute Gasteiger partial charge is 0.481 e. The van der Waals surface area contributed by atoms with Crippen LogP contribution in [-0.4, -0.2) is 40.2 Å². The van der Waals surface area contributed by atoms with Crippen molar-refractivity contribution in [1.82, 2.24) is 4.90 Å². The third-order valence-corrected chi connectivity index (χ3v) is 4.97. The average Bonchev–Trinajstić information content (AvgIpc) is 2.72. The summed E-state index contributed by atoms with van der Waals surface area (Å²) in [6, 6.07) is 7.86. The Morgan fingerprint density at radius 3 is 2.43 bits per heavy atom. The van der Waals surface area contributed by atoms with Gasteiger partial charge in [-0.15, -0.1) is 0 Å². The SMILES string of the molecule is CC(Oc1ccc(Br)cc1)C(=O)N1C2CCC1CC(O)C2. The van der Waals surface area contributed by atoms with E-state index in [4.69, 9.17) is 4.74 Å². The van der Waals surface area contributed by atoms with Gasteiger partial charge in [-0.3, -0.25) is 4.79 Å². The molecule has 1 N–H and O–H groups in total. The van der Waals surface area contributed by atoms with Crippen molar-refractivity contribution in [3.63, 3.8) is 0 Å². The molecule has 1 aromatic carbocycles. The first-order valence-electron chi connectivity index (χ1n) is 7.47. The van der Waals surface area contributed by atoms with Gasteiger partial charge in [0.2, 0.25) is 0 Å². The van der Waals surface area contributed by atoms with Crippen LogP contribution in [0.3, 0.4) is 0 Å². The Hall–Kier alpha value is -1.07. The molecule has 1 aromatic rings. The summed E-state index contributed by atoms with van der Waals surface area (Å²) in [4.78, 5) is 14.6. The Bertz CT molecular complexity index is 505. The summed E-state index contributed by atoms with van der Waals surface area (Å²) in [7, 11) is 0. The van der Waals surface area contributed by atoms with Crippen molar-refractivity contribution in [2.75, 3.05) is 0 Å². The lowest BCUT2D eigenvalue weighted by atomic mass is 9.99. The number of carbonyl (C=O) groups excluding carboxylic acids is 1.